The van der Waals surface area contributed by atoms with Crippen molar-refractivity contribution in [2.75, 3.05) is 0 Å². The summed E-state index contributed by atoms with van der Waals surface area (Å²) in [7, 11) is 0. The first-order valence-electron chi connectivity index (χ1n) is 16.8. The third-order valence-corrected chi connectivity index (χ3v) is 8.90. The molecule has 52 heavy (non-hydrogen) atoms. The minimum atomic E-state index is -0.439. The van der Waals surface area contributed by atoms with Gasteiger partial charge in [0.2, 0.25) is 11.8 Å². The van der Waals surface area contributed by atoms with Gasteiger partial charge in [0, 0.05) is 42.1 Å². The highest BCUT2D eigenvalue weighted by atomic mass is 79.9. The van der Waals surface area contributed by atoms with Crippen LogP contribution >= 0.6 is 32.9 Å². The van der Waals surface area contributed by atoms with Crippen molar-refractivity contribution in [3.63, 3.8) is 0 Å². The van der Waals surface area contributed by atoms with Gasteiger partial charge in [0.05, 0.1) is 0 Å². The third kappa shape index (κ3) is 12.1. The van der Waals surface area contributed by atoms with Crippen molar-refractivity contribution in [1.29, 1.82) is 0 Å². The molecule has 4 aromatic carbocycles. The molecule has 6 rings (SSSR count). The van der Waals surface area contributed by atoms with Crippen LogP contribution in [0.15, 0.2) is 134 Å². The number of halogens is 2. The van der Waals surface area contributed by atoms with E-state index in [9.17, 15) is 9.59 Å². The van der Waals surface area contributed by atoms with Crippen molar-refractivity contribution in [3.8, 4) is 11.8 Å². The molecule has 0 fully saturated rings. The van der Waals surface area contributed by atoms with Crippen molar-refractivity contribution in [2.24, 2.45) is 0 Å². The number of hydrogen-bond acceptors (Lipinski definition) is 6. The van der Waals surface area contributed by atoms with Gasteiger partial charge < -0.3 is 9.47 Å². The molecule has 0 saturated carbocycles. The maximum atomic E-state index is 12.8. The quantitative estimate of drug-likeness (QED) is 0.0904. The van der Waals surface area contributed by atoms with Gasteiger partial charge in [-0.3, -0.25) is 9.59 Å². The summed E-state index contributed by atoms with van der Waals surface area (Å²) in [6.07, 6.45) is 3.69. The summed E-state index contributed by atoms with van der Waals surface area (Å²) in [4.78, 5) is 33.4. The fourth-order valence-corrected chi connectivity index (χ4v) is 6.15. The molecule has 8 heteroatoms. The van der Waals surface area contributed by atoms with E-state index in [0.717, 1.165) is 50.1 Å². The standard InChI is InChI=1S/C22H20BrNO2.C22H21NO2.BrH/c1-15-10-16(2)12-19(11-15)22(25)21(23)18-8-9-24-20(13-18)26-14-17-6-4-3-5-7-17;1-16-10-17(2)12-20(11-16)21(24)13-19-8-9-23-22(14-19)25-15-18-6-4-3-5-7-18;/h3-13,21H,14H2,1-2H3;3-12,14H,13,15H2,1-2H3;1H. The van der Waals surface area contributed by atoms with Crippen LogP contribution in [0.2, 0.25) is 0 Å². The van der Waals surface area contributed by atoms with Gasteiger partial charge in [-0.25, -0.2) is 9.97 Å². The van der Waals surface area contributed by atoms with Gasteiger partial charge in [0.15, 0.2) is 11.6 Å². The Morgan fingerprint density at radius 3 is 1.56 bits per heavy atom. The SMILES string of the molecule is Br.Cc1cc(C)cc(C(=O)C(Br)c2ccnc(OCc3ccccc3)c2)c1.Cc1cc(C)cc(C(=O)Cc2ccnc(OCc3ccccc3)c2)c1. The van der Waals surface area contributed by atoms with E-state index in [1.54, 1.807) is 12.4 Å². The number of aryl methyl sites for hydroxylation is 4. The molecule has 0 amide bonds. The normalized spacial score (nSPS) is 10.9. The summed E-state index contributed by atoms with van der Waals surface area (Å²) in [6, 6.07) is 39.0. The minimum Gasteiger partial charge on any atom is -0.473 e. The van der Waals surface area contributed by atoms with E-state index in [1.807, 2.05) is 137 Å². The van der Waals surface area contributed by atoms with Gasteiger partial charge in [-0.15, -0.1) is 17.0 Å². The lowest BCUT2D eigenvalue weighted by atomic mass is 10.00. The maximum Gasteiger partial charge on any atom is 0.213 e. The number of ketones is 2. The summed E-state index contributed by atoms with van der Waals surface area (Å²) in [5.74, 6) is 1.17. The van der Waals surface area contributed by atoms with Crippen LogP contribution in [0.25, 0.3) is 0 Å². The molecule has 266 valence electrons. The second-order valence-electron chi connectivity index (χ2n) is 12.6. The summed E-state index contributed by atoms with van der Waals surface area (Å²) < 4.78 is 11.5. The van der Waals surface area contributed by atoms with Crippen LogP contribution in [-0.4, -0.2) is 21.5 Å². The molecule has 1 unspecified atom stereocenters. The zero-order chi connectivity index (χ0) is 36.2. The summed E-state index contributed by atoms with van der Waals surface area (Å²) in [5, 5.41) is 0. The number of Topliss-reactive ketones (excluding diaryl/α,β-unsaturated/α-hetero) is 2. The van der Waals surface area contributed by atoms with Crippen LogP contribution in [-0.2, 0) is 19.6 Å². The molecular weight excluding hydrogens is 780 g/mol. The Labute approximate surface area is 325 Å². The zero-order valence-electron chi connectivity index (χ0n) is 29.7. The van der Waals surface area contributed by atoms with Crippen LogP contribution < -0.4 is 9.47 Å². The van der Waals surface area contributed by atoms with Gasteiger partial charge in [-0.2, -0.15) is 0 Å². The maximum absolute atomic E-state index is 12.8. The Balaban J connectivity index is 0.000000228. The highest BCUT2D eigenvalue weighted by Gasteiger charge is 2.20. The van der Waals surface area contributed by atoms with Crippen molar-refractivity contribution >= 4 is 44.5 Å². The number of benzene rings is 4. The van der Waals surface area contributed by atoms with Gasteiger partial charge in [0.25, 0.3) is 0 Å². The predicted molar refractivity (Wildman–Crippen MR) is 216 cm³/mol. The Morgan fingerprint density at radius 2 is 1.04 bits per heavy atom. The third-order valence-electron chi connectivity index (χ3n) is 7.95. The lowest BCUT2D eigenvalue weighted by molar-refractivity contribution is 0.0984. The second-order valence-corrected chi connectivity index (χ2v) is 13.5. The van der Waals surface area contributed by atoms with Crippen molar-refractivity contribution < 1.29 is 19.1 Å². The second kappa shape index (κ2) is 19.6. The fourth-order valence-electron chi connectivity index (χ4n) is 5.60. The minimum absolute atomic E-state index is 0. The van der Waals surface area contributed by atoms with Crippen LogP contribution in [0, 0.1) is 27.7 Å². The molecule has 0 aliphatic heterocycles. The lowest BCUT2D eigenvalue weighted by Gasteiger charge is -2.12. The molecule has 0 radical (unpaired) electrons. The number of hydrogen-bond donors (Lipinski definition) is 0. The average molecular weight is 823 g/mol. The van der Waals surface area contributed by atoms with Gasteiger partial charge in [-0.05, 0) is 86.3 Å². The first-order chi connectivity index (χ1) is 24.6. The Morgan fingerprint density at radius 1 is 0.577 bits per heavy atom. The van der Waals surface area contributed by atoms with Gasteiger partial charge >= 0.3 is 0 Å². The molecule has 2 heterocycles. The number of alkyl halides is 1. The van der Waals surface area contributed by atoms with Crippen LogP contribution in [0.1, 0.15) is 70.1 Å². The Hall–Kier alpha value is -4.92. The molecule has 1 atom stereocenters. The van der Waals surface area contributed by atoms with E-state index in [0.29, 0.717) is 37.0 Å². The summed E-state index contributed by atoms with van der Waals surface area (Å²) in [5.41, 5.74) is 9.70. The fraction of sp³-hybridized carbons (Fsp3) is 0.182. The highest BCUT2D eigenvalue weighted by molar-refractivity contribution is 9.09. The number of carbonyl (C=O) groups excluding carboxylic acids is 2. The first kappa shape index (κ1) is 39.9. The molecule has 2 aromatic heterocycles. The van der Waals surface area contributed by atoms with E-state index in [4.69, 9.17) is 9.47 Å². The highest BCUT2D eigenvalue weighted by Crippen LogP contribution is 2.29. The molecule has 0 bridgehead atoms. The van der Waals surface area contributed by atoms with Crippen LogP contribution in [0.3, 0.4) is 0 Å². The first-order valence-corrected chi connectivity index (χ1v) is 17.7. The number of aromatic nitrogens is 2. The van der Waals surface area contributed by atoms with E-state index >= 15 is 0 Å². The molecule has 6 aromatic rings. The molecular formula is C44H42Br2N2O4. The Kier molecular flexibility index (Phi) is 15.0. The Bertz CT molecular complexity index is 2050. The zero-order valence-corrected chi connectivity index (χ0v) is 33.0. The van der Waals surface area contributed by atoms with Crippen molar-refractivity contribution in [2.45, 2.75) is 52.2 Å². The van der Waals surface area contributed by atoms with E-state index in [-0.39, 0.29) is 28.5 Å². The molecule has 0 spiro atoms. The number of carbonyl (C=O) groups is 2. The molecule has 0 N–H and O–H groups in total. The molecule has 6 nitrogen and oxygen atoms in total. The smallest absolute Gasteiger partial charge is 0.213 e. The summed E-state index contributed by atoms with van der Waals surface area (Å²) >= 11 is 3.53. The average Bonchev–Trinajstić information content (AvgIpc) is 3.13. The number of nitrogens with zero attached hydrogens (tertiary/aromatic N) is 2. The van der Waals surface area contributed by atoms with Crippen LogP contribution in [0.5, 0.6) is 11.8 Å². The van der Waals surface area contributed by atoms with E-state index < -0.39 is 4.83 Å². The monoisotopic (exact) mass is 820 g/mol. The van der Waals surface area contributed by atoms with Crippen molar-refractivity contribution in [1.82, 2.24) is 9.97 Å². The van der Waals surface area contributed by atoms with E-state index in [2.05, 4.69) is 38.0 Å². The largest absolute Gasteiger partial charge is 0.473 e. The van der Waals surface area contributed by atoms with E-state index in [1.165, 1.54) is 0 Å². The topological polar surface area (TPSA) is 78.4 Å². The van der Waals surface area contributed by atoms with Crippen LogP contribution in [0.4, 0.5) is 0 Å². The number of ether oxygens (including phenoxy) is 2. The van der Waals surface area contributed by atoms with Crippen molar-refractivity contribution in [3.05, 3.63) is 189 Å². The van der Waals surface area contributed by atoms with Gasteiger partial charge in [0.1, 0.15) is 18.0 Å². The molecule has 0 aliphatic rings. The summed E-state index contributed by atoms with van der Waals surface area (Å²) in [6.45, 7) is 8.90. The molecule has 0 aliphatic carbocycles. The molecule has 0 saturated heterocycles. The number of pyridine rings is 2. The number of rotatable bonds is 12. The van der Waals surface area contributed by atoms with Gasteiger partial charge in [-0.1, -0.05) is 111 Å². The predicted octanol–water partition coefficient (Wildman–Crippen LogP) is 10.9. The lowest BCUT2D eigenvalue weighted by Crippen LogP contribution is -2.08.